The molecular weight excluding hydrogens is 246 g/mol. The third-order valence-electron chi connectivity index (χ3n) is 3.37. The van der Waals surface area contributed by atoms with Gasteiger partial charge in [0.2, 0.25) is 0 Å². The van der Waals surface area contributed by atoms with E-state index in [0.717, 1.165) is 5.56 Å². The fourth-order valence-electron chi connectivity index (χ4n) is 2.41. The van der Waals surface area contributed by atoms with Gasteiger partial charge in [-0.15, -0.1) is 0 Å². The minimum Gasteiger partial charge on any atom is -0.384 e. The number of benzene rings is 2. The van der Waals surface area contributed by atoms with Gasteiger partial charge in [0, 0.05) is 0 Å². The molecule has 0 radical (unpaired) electrons. The maximum atomic E-state index is 13.3. The Kier molecular flexibility index (Phi) is 3.67. The van der Waals surface area contributed by atoms with Crippen molar-refractivity contribution in [3.63, 3.8) is 0 Å². The molecule has 3 heteroatoms. The van der Waals surface area contributed by atoms with Gasteiger partial charge in [0.25, 0.3) is 0 Å². The lowest BCUT2D eigenvalue weighted by Crippen LogP contribution is -2.07. The van der Waals surface area contributed by atoms with Gasteiger partial charge >= 0.3 is 0 Å². The van der Waals surface area contributed by atoms with E-state index in [9.17, 15) is 13.9 Å². The third-order valence-corrected chi connectivity index (χ3v) is 3.37. The molecule has 0 aliphatic rings. The Labute approximate surface area is 111 Å². The van der Waals surface area contributed by atoms with Crippen LogP contribution < -0.4 is 0 Å². The van der Waals surface area contributed by atoms with E-state index in [2.05, 4.69) is 0 Å². The zero-order valence-corrected chi connectivity index (χ0v) is 11.2. The molecule has 0 bridgehead atoms. The van der Waals surface area contributed by atoms with Gasteiger partial charge in [0.1, 0.15) is 17.7 Å². The van der Waals surface area contributed by atoms with Gasteiger partial charge < -0.3 is 5.11 Å². The largest absolute Gasteiger partial charge is 0.384 e. The van der Waals surface area contributed by atoms with Crippen molar-refractivity contribution in [1.29, 1.82) is 0 Å². The number of aryl methyl sites for hydroxylation is 3. The summed E-state index contributed by atoms with van der Waals surface area (Å²) in [7, 11) is 0. The molecule has 0 heterocycles. The van der Waals surface area contributed by atoms with Crippen molar-refractivity contribution >= 4 is 0 Å². The lowest BCUT2D eigenvalue weighted by Gasteiger charge is -2.19. The van der Waals surface area contributed by atoms with Gasteiger partial charge in [-0.2, -0.15) is 0 Å². The van der Waals surface area contributed by atoms with Gasteiger partial charge in [0.15, 0.2) is 0 Å². The molecule has 1 N–H and O–H groups in total. The van der Waals surface area contributed by atoms with E-state index < -0.39 is 11.9 Å². The zero-order chi connectivity index (χ0) is 14.2. The Balaban J connectivity index is 2.56. The Morgan fingerprint density at radius 3 is 2.00 bits per heavy atom. The van der Waals surface area contributed by atoms with Gasteiger partial charge in [-0.25, -0.2) is 8.78 Å². The van der Waals surface area contributed by atoms with Crippen LogP contribution in [0.25, 0.3) is 0 Å². The van der Waals surface area contributed by atoms with Crippen molar-refractivity contribution < 1.29 is 13.9 Å². The summed E-state index contributed by atoms with van der Waals surface area (Å²) in [5.41, 5.74) is 3.27. The normalized spacial score (nSPS) is 12.5. The van der Waals surface area contributed by atoms with Crippen molar-refractivity contribution in [3.8, 4) is 0 Å². The number of hydrogen-bond donors (Lipinski definition) is 1. The van der Waals surface area contributed by atoms with Gasteiger partial charge in [-0.05, 0) is 72.9 Å². The molecule has 0 spiro atoms. The van der Waals surface area contributed by atoms with Crippen LogP contribution in [0, 0.1) is 32.4 Å². The summed E-state index contributed by atoms with van der Waals surface area (Å²) in [6.45, 7) is 5.29. The second-order valence-electron chi connectivity index (χ2n) is 4.86. The molecule has 0 amide bonds. The Hall–Kier alpha value is -1.74. The first kappa shape index (κ1) is 13.7. The molecular formula is C16H16F2O. The van der Waals surface area contributed by atoms with E-state index in [0.29, 0.717) is 22.3 Å². The fraction of sp³-hybridized carbons (Fsp3) is 0.250. The summed E-state index contributed by atoms with van der Waals surface area (Å²) in [5, 5.41) is 10.5. The fourth-order valence-corrected chi connectivity index (χ4v) is 2.41. The average molecular weight is 262 g/mol. The average Bonchev–Trinajstić information content (AvgIpc) is 2.30. The quantitative estimate of drug-likeness (QED) is 0.868. The highest BCUT2D eigenvalue weighted by atomic mass is 19.1. The van der Waals surface area contributed by atoms with Crippen LogP contribution in [0.5, 0.6) is 0 Å². The molecule has 2 aromatic rings. The van der Waals surface area contributed by atoms with E-state index in [1.807, 2.05) is 6.92 Å². The Bertz CT molecular complexity index is 597. The number of rotatable bonds is 2. The smallest absolute Gasteiger partial charge is 0.123 e. The molecule has 1 nitrogen and oxygen atoms in total. The van der Waals surface area contributed by atoms with Crippen LogP contribution in [-0.4, -0.2) is 5.11 Å². The first-order valence-corrected chi connectivity index (χ1v) is 6.11. The molecule has 100 valence electrons. The zero-order valence-electron chi connectivity index (χ0n) is 11.2. The number of halogens is 2. The molecule has 0 saturated heterocycles. The highest BCUT2D eigenvalue weighted by Crippen LogP contribution is 2.30. The SMILES string of the molecule is Cc1ccc(F)cc1C(O)c1c(C)cc(F)cc1C. The van der Waals surface area contributed by atoms with Crippen molar-refractivity contribution in [3.05, 3.63) is 69.8 Å². The van der Waals surface area contributed by atoms with Crippen LogP contribution in [0.4, 0.5) is 8.78 Å². The maximum absolute atomic E-state index is 13.3. The highest BCUT2D eigenvalue weighted by Gasteiger charge is 2.18. The minimum absolute atomic E-state index is 0.332. The van der Waals surface area contributed by atoms with E-state index >= 15 is 0 Å². The molecule has 0 fully saturated rings. The highest BCUT2D eigenvalue weighted by molar-refractivity contribution is 5.43. The van der Waals surface area contributed by atoms with Crippen LogP contribution in [0.3, 0.4) is 0 Å². The molecule has 2 rings (SSSR count). The van der Waals surface area contributed by atoms with Gasteiger partial charge in [-0.3, -0.25) is 0 Å². The lowest BCUT2D eigenvalue weighted by molar-refractivity contribution is 0.217. The van der Waals surface area contributed by atoms with E-state index in [4.69, 9.17) is 0 Å². The van der Waals surface area contributed by atoms with E-state index in [1.165, 1.54) is 24.3 Å². The standard InChI is InChI=1S/C16H16F2O/c1-9-4-5-12(17)8-14(9)16(19)15-10(2)6-13(18)7-11(15)3/h4-8,16,19H,1-3H3. The molecule has 19 heavy (non-hydrogen) atoms. The monoisotopic (exact) mass is 262 g/mol. The van der Waals surface area contributed by atoms with Crippen LogP contribution in [0.1, 0.15) is 33.9 Å². The molecule has 1 atom stereocenters. The van der Waals surface area contributed by atoms with E-state index in [-0.39, 0.29) is 5.82 Å². The first-order chi connectivity index (χ1) is 8.90. The number of aliphatic hydroxyl groups excluding tert-OH is 1. The van der Waals surface area contributed by atoms with Crippen molar-refractivity contribution in [2.24, 2.45) is 0 Å². The molecule has 2 aromatic carbocycles. The maximum Gasteiger partial charge on any atom is 0.123 e. The summed E-state index contributed by atoms with van der Waals surface area (Å²) in [6, 6.07) is 7.06. The lowest BCUT2D eigenvalue weighted by atomic mass is 9.91. The molecule has 0 aliphatic heterocycles. The number of hydrogen-bond acceptors (Lipinski definition) is 1. The molecule has 0 aromatic heterocycles. The minimum atomic E-state index is -0.948. The Morgan fingerprint density at radius 1 is 0.842 bits per heavy atom. The van der Waals surface area contributed by atoms with Crippen molar-refractivity contribution in [1.82, 2.24) is 0 Å². The van der Waals surface area contributed by atoms with Crippen molar-refractivity contribution in [2.45, 2.75) is 26.9 Å². The molecule has 1 unspecified atom stereocenters. The van der Waals surface area contributed by atoms with Gasteiger partial charge in [0.05, 0.1) is 0 Å². The van der Waals surface area contributed by atoms with E-state index in [1.54, 1.807) is 19.9 Å². The summed E-state index contributed by atoms with van der Waals surface area (Å²) in [5.74, 6) is -0.723. The van der Waals surface area contributed by atoms with Crippen LogP contribution in [0.15, 0.2) is 30.3 Å². The predicted molar refractivity (Wildman–Crippen MR) is 71.1 cm³/mol. The summed E-state index contributed by atoms with van der Waals surface area (Å²) < 4.78 is 26.6. The Morgan fingerprint density at radius 2 is 1.42 bits per heavy atom. The summed E-state index contributed by atoms with van der Waals surface area (Å²) in [4.78, 5) is 0. The van der Waals surface area contributed by atoms with Gasteiger partial charge in [-0.1, -0.05) is 6.07 Å². The van der Waals surface area contributed by atoms with Crippen LogP contribution in [-0.2, 0) is 0 Å². The molecule has 0 saturated carbocycles. The third kappa shape index (κ3) is 2.66. The summed E-state index contributed by atoms with van der Waals surface area (Å²) in [6.07, 6.45) is -0.948. The topological polar surface area (TPSA) is 20.2 Å². The predicted octanol–water partition coefficient (Wildman–Crippen LogP) is 3.97. The first-order valence-electron chi connectivity index (χ1n) is 6.11. The molecule has 0 aliphatic carbocycles. The second-order valence-corrected chi connectivity index (χ2v) is 4.86. The van der Waals surface area contributed by atoms with Crippen molar-refractivity contribution in [2.75, 3.05) is 0 Å². The number of aliphatic hydroxyl groups is 1. The van der Waals surface area contributed by atoms with Crippen LogP contribution >= 0.6 is 0 Å². The second kappa shape index (κ2) is 5.10. The van der Waals surface area contributed by atoms with Crippen LogP contribution in [0.2, 0.25) is 0 Å². The summed E-state index contributed by atoms with van der Waals surface area (Å²) >= 11 is 0.